The van der Waals surface area contributed by atoms with Crippen molar-refractivity contribution in [3.63, 3.8) is 0 Å². The molecule has 2 rings (SSSR count). The highest BCUT2D eigenvalue weighted by Gasteiger charge is 2.15. The molecule has 0 bridgehead atoms. The summed E-state index contributed by atoms with van der Waals surface area (Å²) in [6.07, 6.45) is 0. The molecule has 0 radical (unpaired) electrons. The van der Waals surface area contributed by atoms with E-state index in [1.165, 1.54) is 12.0 Å². The van der Waals surface area contributed by atoms with Gasteiger partial charge in [-0.05, 0) is 42.9 Å². The van der Waals surface area contributed by atoms with Crippen molar-refractivity contribution in [2.75, 3.05) is 51.5 Å². The molecule has 0 aliphatic heterocycles. The summed E-state index contributed by atoms with van der Waals surface area (Å²) in [6.45, 7) is 2.54. The molecule has 0 aliphatic rings. The normalized spacial score (nSPS) is 10.4. The number of anilines is 2. The third kappa shape index (κ3) is 6.59. The van der Waals surface area contributed by atoms with Crippen LogP contribution < -0.4 is 15.4 Å². The molecular weight excluding hydrogens is 384 g/mol. The van der Waals surface area contributed by atoms with E-state index in [1.54, 1.807) is 61.5 Å². The molecule has 0 saturated carbocycles. The lowest BCUT2D eigenvalue weighted by Gasteiger charge is -2.20. The Labute approximate surface area is 176 Å². The molecular formula is C22H28N4O4. The average Bonchev–Trinajstić information content (AvgIpc) is 2.73. The van der Waals surface area contributed by atoms with Crippen molar-refractivity contribution >= 4 is 29.1 Å². The largest absolute Gasteiger partial charge is 0.495 e. The minimum absolute atomic E-state index is 0.0637. The van der Waals surface area contributed by atoms with E-state index in [1.807, 2.05) is 13.0 Å². The van der Waals surface area contributed by atoms with Gasteiger partial charge in [0, 0.05) is 25.3 Å². The van der Waals surface area contributed by atoms with Gasteiger partial charge < -0.3 is 20.3 Å². The number of nitrogens with zero attached hydrogens (tertiary/aromatic N) is 2. The molecule has 0 spiro atoms. The van der Waals surface area contributed by atoms with E-state index in [-0.39, 0.29) is 30.8 Å². The molecule has 2 N–H and O–H groups in total. The molecule has 2 aromatic carbocycles. The monoisotopic (exact) mass is 412 g/mol. The molecule has 0 atom stereocenters. The third-order valence-corrected chi connectivity index (χ3v) is 4.38. The van der Waals surface area contributed by atoms with Crippen LogP contribution in [0.2, 0.25) is 0 Å². The van der Waals surface area contributed by atoms with E-state index < -0.39 is 0 Å². The summed E-state index contributed by atoms with van der Waals surface area (Å²) in [4.78, 5) is 39.9. The number of para-hydroxylation sites is 2. The standard InChI is InChI=1S/C22H28N4O4/c1-5-26(15-21(28)24-18-8-6-7-9-19(18)30-4)14-20(27)23-17-12-10-16(11-13-17)22(29)25(2)3/h6-13H,5,14-15H2,1-4H3,(H,23,27)(H,24,28). The van der Waals surface area contributed by atoms with Crippen molar-refractivity contribution in [3.8, 4) is 5.75 Å². The molecule has 0 heterocycles. The van der Waals surface area contributed by atoms with Crippen molar-refractivity contribution in [2.24, 2.45) is 0 Å². The molecule has 0 unspecified atom stereocenters. The van der Waals surface area contributed by atoms with Crippen LogP contribution in [0.5, 0.6) is 5.75 Å². The number of amides is 3. The topological polar surface area (TPSA) is 91.0 Å². The SMILES string of the molecule is CCN(CC(=O)Nc1ccc(C(=O)N(C)C)cc1)CC(=O)Nc1ccccc1OC. The maximum atomic E-state index is 12.4. The number of likely N-dealkylation sites (N-methyl/N-ethyl adjacent to an activating group) is 1. The van der Waals surface area contributed by atoms with Crippen LogP contribution in [0, 0.1) is 0 Å². The van der Waals surface area contributed by atoms with Crippen LogP contribution in [0.25, 0.3) is 0 Å². The van der Waals surface area contributed by atoms with Gasteiger partial charge in [-0.1, -0.05) is 19.1 Å². The molecule has 30 heavy (non-hydrogen) atoms. The summed E-state index contributed by atoms with van der Waals surface area (Å²) in [5, 5.41) is 5.59. The number of carbonyl (C=O) groups is 3. The molecule has 0 aromatic heterocycles. The summed E-state index contributed by atoms with van der Waals surface area (Å²) in [5.74, 6) is -0.0109. The van der Waals surface area contributed by atoms with Gasteiger partial charge in [0.15, 0.2) is 0 Å². The van der Waals surface area contributed by atoms with E-state index in [0.717, 1.165) is 0 Å². The van der Waals surface area contributed by atoms with Gasteiger partial charge >= 0.3 is 0 Å². The fraction of sp³-hybridized carbons (Fsp3) is 0.318. The Morgan fingerprint density at radius 3 is 2.07 bits per heavy atom. The van der Waals surface area contributed by atoms with Crippen LogP contribution in [-0.2, 0) is 9.59 Å². The van der Waals surface area contributed by atoms with Crippen LogP contribution in [0.1, 0.15) is 17.3 Å². The molecule has 0 saturated heterocycles. The number of hydrogen-bond donors (Lipinski definition) is 2. The minimum Gasteiger partial charge on any atom is -0.495 e. The first-order valence-electron chi connectivity index (χ1n) is 9.60. The van der Waals surface area contributed by atoms with Gasteiger partial charge in [0.05, 0.1) is 25.9 Å². The molecule has 160 valence electrons. The predicted octanol–water partition coefficient (Wildman–Crippen LogP) is 2.30. The van der Waals surface area contributed by atoms with Crippen LogP contribution >= 0.6 is 0 Å². The molecule has 0 fully saturated rings. The van der Waals surface area contributed by atoms with E-state index in [9.17, 15) is 14.4 Å². The summed E-state index contributed by atoms with van der Waals surface area (Å²) in [6, 6.07) is 13.8. The van der Waals surface area contributed by atoms with Crippen molar-refractivity contribution in [3.05, 3.63) is 54.1 Å². The second kappa shape index (κ2) is 11.0. The van der Waals surface area contributed by atoms with Crippen molar-refractivity contribution in [1.82, 2.24) is 9.80 Å². The van der Waals surface area contributed by atoms with E-state index in [2.05, 4.69) is 10.6 Å². The number of carbonyl (C=O) groups excluding carboxylic acids is 3. The Morgan fingerprint density at radius 2 is 1.50 bits per heavy atom. The third-order valence-electron chi connectivity index (χ3n) is 4.38. The summed E-state index contributed by atoms with van der Waals surface area (Å²) < 4.78 is 5.23. The zero-order valence-electron chi connectivity index (χ0n) is 17.8. The second-order valence-electron chi connectivity index (χ2n) is 6.88. The summed E-state index contributed by atoms with van der Waals surface area (Å²) in [7, 11) is 4.90. The predicted molar refractivity (Wildman–Crippen MR) is 117 cm³/mol. The smallest absolute Gasteiger partial charge is 0.253 e. The number of methoxy groups -OCH3 is 1. The molecule has 2 aromatic rings. The molecule has 3 amide bonds. The quantitative estimate of drug-likeness (QED) is 0.660. The van der Waals surface area contributed by atoms with Crippen molar-refractivity contribution in [2.45, 2.75) is 6.92 Å². The van der Waals surface area contributed by atoms with Gasteiger partial charge in [0.25, 0.3) is 5.91 Å². The van der Waals surface area contributed by atoms with Crippen molar-refractivity contribution < 1.29 is 19.1 Å². The Balaban J connectivity index is 1.89. The Kier molecular flexibility index (Phi) is 8.37. The fourth-order valence-electron chi connectivity index (χ4n) is 2.78. The lowest BCUT2D eigenvalue weighted by atomic mass is 10.2. The average molecular weight is 412 g/mol. The minimum atomic E-state index is -0.242. The van der Waals surface area contributed by atoms with Gasteiger partial charge in [-0.25, -0.2) is 0 Å². The van der Waals surface area contributed by atoms with Gasteiger partial charge in [-0.3, -0.25) is 19.3 Å². The maximum Gasteiger partial charge on any atom is 0.253 e. The first-order valence-corrected chi connectivity index (χ1v) is 9.60. The summed E-state index contributed by atoms with van der Waals surface area (Å²) >= 11 is 0. The lowest BCUT2D eigenvalue weighted by molar-refractivity contribution is -0.119. The number of nitrogens with one attached hydrogen (secondary N) is 2. The van der Waals surface area contributed by atoms with Crippen LogP contribution in [0.15, 0.2) is 48.5 Å². The van der Waals surface area contributed by atoms with Crippen LogP contribution in [-0.4, -0.2) is 68.4 Å². The van der Waals surface area contributed by atoms with E-state index in [4.69, 9.17) is 4.74 Å². The first kappa shape index (κ1) is 22.9. The number of benzene rings is 2. The van der Waals surface area contributed by atoms with Crippen LogP contribution in [0.3, 0.4) is 0 Å². The number of ether oxygens (including phenoxy) is 1. The number of hydrogen-bond acceptors (Lipinski definition) is 5. The molecule has 8 nitrogen and oxygen atoms in total. The van der Waals surface area contributed by atoms with Gasteiger partial charge in [-0.2, -0.15) is 0 Å². The zero-order valence-corrected chi connectivity index (χ0v) is 17.8. The van der Waals surface area contributed by atoms with Crippen LogP contribution in [0.4, 0.5) is 11.4 Å². The Hall–Kier alpha value is -3.39. The van der Waals surface area contributed by atoms with Crippen molar-refractivity contribution in [1.29, 1.82) is 0 Å². The highest BCUT2D eigenvalue weighted by Crippen LogP contribution is 2.22. The van der Waals surface area contributed by atoms with Gasteiger partial charge in [0.1, 0.15) is 5.75 Å². The summed E-state index contributed by atoms with van der Waals surface area (Å²) in [5.41, 5.74) is 1.71. The second-order valence-corrected chi connectivity index (χ2v) is 6.88. The molecule has 8 heteroatoms. The van der Waals surface area contributed by atoms with E-state index in [0.29, 0.717) is 29.2 Å². The van der Waals surface area contributed by atoms with Gasteiger partial charge in [-0.15, -0.1) is 0 Å². The highest BCUT2D eigenvalue weighted by molar-refractivity contribution is 5.97. The maximum absolute atomic E-state index is 12.4. The zero-order chi connectivity index (χ0) is 22.1. The molecule has 0 aliphatic carbocycles. The Morgan fingerprint density at radius 1 is 0.900 bits per heavy atom. The first-order chi connectivity index (χ1) is 14.3. The lowest BCUT2D eigenvalue weighted by Crippen LogP contribution is -2.38. The fourth-order valence-corrected chi connectivity index (χ4v) is 2.78. The Bertz CT molecular complexity index is 881. The number of rotatable bonds is 9. The van der Waals surface area contributed by atoms with E-state index >= 15 is 0 Å². The highest BCUT2D eigenvalue weighted by atomic mass is 16.5. The van der Waals surface area contributed by atoms with Gasteiger partial charge in [0.2, 0.25) is 11.8 Å².